The number of rotatable bonds is 8. The Morgan fingerprint density at radius 3 is 2.74 bits per heavy atom. The van der Waals surface area contributed by atoms with Crippen LogP contribution in [-0.2, 0) is 9.84 Å². The molecule has 0 spiro atoms. The molecule has 1 fully saturated rings. The molecule has 1 aliphatic heterocycles. The van der Waals surface area contributed by atoms with Crippen LogP contribution >= 0.6 is 0 Å². The lowest BCUT2D eigenvalue weighted by Crippen LogP contribution is -2.45. The third-order valence-corrected chi connectivity index (χ3v) is 5.81. The van der Waals surface area contributed by atoms with Crippen molar-refractivity contribution in [2.75, 3.05) is 37.7 Å². The van der Waals surface area contributed by atoms with Crippen molar-refractivity contribution < 1.29 is 8.42 Å². The van der Waals surface area contributed by atoms with Crippen LogP contribution in [0.4, 0.5) is 0 Å². The zero-order chi connectivity index (χ0) is 14.3. The molecule has 1 aliphatic rings. The van der Waals surface area contributed by atoms with Gasteiger partial charge in [0, 0.05) is 24.9 Å². The van der Waals surface area contributed by atoms with Crippen molar-refractivity contribution in [1.82, 2.24) is 10.2 Å². The number of hydrogen-bond acceptors (Lipinski definition) is 4. The van der Waals surface area contributed by atoms with E-state index in [0.717, 1.165) is 6.54 Å². The number of piperidine rings is 1. The molecule has 0 radical (unpaired) electrons. The minimum atomic E-state index is -2.84. The van der Waals surface area contributed by atoms with Crippen molar-refractivity contribution in [3.05, 3.63) is 0 Å². The van der Waals surface area contributed by atoms with Crippen molar-refractivity contribution >= 4 is 9.84 Å². The van der Waals surface area contributed by atoms with Gasteiger partial charge in [0.1, 0.15) is 0 Å². The fourth-order valence-electron chi connectivity index (χ4n) is 2.77. The van der Waals surface area contributed by atoms with E-state index in [0.29, 0.717) is 18.5 Å². The normalized spacial score (nSPS) is 23.4. The zero-order valence-electron chi connectivity index (χ0n) is 12.7. The lowest BCUT2D eigenvalue weighted by molar-refractivity contribution is 0.152. The maximum absolute atomic E-state index is 11.4. The van der Waals surface area contributed by atoms with Gasteiger partial charge in [-0.05, 0) is 45.2 Å². The zero-order valence-corrected chi connectivity index (χ0v) is 13.5. The van der Waals surface area contributed by atoms with Gasteiger partial charge >= 0.3 is 0 Å². The summed E-state index contributed by atoms with van der Waals surface area (Å²) in [5.74, 6) is 1.17. The third kappa shape index (κ3) is 6.23. The van der Waals surface area contributed by atoms with E-state index in [4.69, 9.17) is 0 Å². The Labute approximate surface area is 118 Å². The molecule has 0 bridgehead atoms. The third-order valence-electron chi connectivity index (χ3n) is 4.11. The molecule has 4 nitrogen and oxygen atoms in total. The van der Waals surface area contributed by atoms with E-state index in [9.17, 15) is 8.42 Å². The van der Waals surface area contributed by atoms with E-state index in [-0.39, 0.29) is 11.5 Å². The van der Waals surface area contributed by atoms with E-state index < -0.39 is 9.84 Å². The summed E-state index contributed by atoms with van der Waals surface area (Å²) in [5.41, 5.74) is 0. The first-order chi connectivity index (χ1) is 8.98. The Kier molecular flexibility index (Phi) is 7.32. The van der Waals surface area contributed by atoms with E-state index in [1.165, 1.54) is 32.4 Å². The van der Waals surface area contributed by atoms with Crippen LogP contribution in [0.15, 0.2) is 0 Å². The molecular weight excluding hydrogens is 260 g/mol. The number of hydrogen-bond donors (Lipinski definition) is 1. The van der Waals surface area contributed by atoms with Crippen LogP contribution in [0.3, 0.4) is 0 Å². The van der Waals surface area contributed by atoms with E-state index in [1.807, 2.05) is 0 Å². The van der Waals surface area contributed by atoms with Crippen LogP contribution in [0.5, 0.6) is 0 Å². The second kappa shape index (κ2) is 8.22. The Bertz CT molecular complexity index is 341. The largest absolute Gasteiger partial charge is 0.313 e. The summed E-state index contributed by atoms with van der Waals surface area (Å²) >= 11 is 0. The quantitative estimate of drug-likeness (QED) is 0.736. The highest BCUT2D eigenvalue weighted by Gasteiger charge is 2.24. The van der Waals surface area contributed by atoms with Crippen LogP contribution in [0.25, 0.3) is 0 Å². The van der Waals surface area contributed by atoms with Crippen molar-refractivity contribution in [2.24, 2.45) is 5.92 Å². The maximum Gasteiger partial charge on any atom is 0.151 e. The summed E-state index contributed by atoms with van der Waals surface area (Å²) in [4.78, 5) is 2.54. The average Bonchev–Trinajstić information content (AvgIpc) is 2.39. The van der Waals surface area contributed by atoms with Crippen LogP contribution in [-0.4, -0.2) is 57.0 Å². The first-order valence-corrected chi connectivity index (χ1v) is 9.46. The monoisotopic (exact) mass is 290 g/mol. The fourth-order valence-corrected chi connectivity index (χ4v) is 3.49. The van der Waals surface area contributed by atoms with Gasteiger partial charge in [0.2, 0.25) is 0 Å². The van der Waals surface area contributed by atoms with E-state index in [1.54, 1.807) is 6.92 Å². The predicted molar refractivity (Wildman–Crippen MR) is 81.2 cm³/mol. The summed E-state index contributed by atoms with van der Waals surface area (Å²) in [7, 11) is -2.84. The highest BCUT2D eigenvalue weighted by atomic mass is 32.2. The molecule has 0 aliphatic carbocycles. The molecule has 0 saturated carbocycles. The molecule has 0 amide bonds. The fraction of sp³-hybridized carbons (Fsp3) is 1.00. The summed E-state index contributed by atoms with van der Waals surface area (Å²) < 4.78 is 22.9. The Morgan fingerprint density at radius 2 is 2.11 bits per heavy atom. The summed E-state index contributed by atoms with van der Waals surface area (Å²) in [6.07, 6.45) is 3.74. The Morgan fingerprint density at radius 1 is 1.37 bits per heavy atom. The van der Waals surface area contributed by atoms with Crippen molar-refractivity contribution in [1.29, 1.82) is 0 Å². The first-order valence-electron chi connectivity index (χ1n) is 7.64. The van der Waals surface area contributed by atoms with Gasteiger partial charge in [-0.15, -0.1) is 0 Å². The Hall–Kier alpha value is -0.130. The van der Waals surface area contributed by atoms with E-state index >= 15 is 0 Å². The standard InChI is InChI=1S/C14H30N2O2S/c1-4-9-16-10-6-7-14(12-16)13(3)15-8-11-19(17,18)5-2/h13-15H,4-12H2,1-3H3. The van der Waals surface area contributed by atoms with Gasteiger partial charge in [0.05, 0.1) is 5.75 Å². The number of nitrogens with zero attached hydrogens (tertiary/aromatic N) is 1. The number of likely N-dealkylation sites (tertiary alicyclic amines) is 1. The highest BCUT2D eigenvalue weighted by molar-refractivity contribution is 7.91. The Balaban J connectivity index is 2.30. The molecule has 0 aromatic carbocycles. The molecule has 19 heavy (non-hydrogen) atoms. The van der Waals surface area contributed by atoms with E-state index in [2.05, 4.69) is 24.1 Å². The molecule has 114 valence electrons. The lowest BCUT2D eigenvalue weighted by Gasteiger charge is -2.36. The first kappa shape index (κ1) is 16.9. The lowest BCUT2D eigenvalue weighted by atomic mass is 9.91. The van der Waals surface area contributed by atoms with Gasteiger partial charge < -0.3 is 10.2 Å². The number of nitrogens with one attached hydrogen (secondary N) is 1. The van der Waals surface area contributed by atoms with Gasteiger partial charge in [-0.25, -0.2) is 8.42 Å². The average molecular weight is 290 g/mol. The number of sulfone groups is 1. The molecule has 0 aromatic heterocycles. The minimum Gasteiger partial charge on any atom is -0.313 e. The summed E-state index contributed by atoms with van der Waals surface area (Å²) in [5, 5.41) is 3.40. The van der Waals surface area contributed by atoms with Crippen molar-refractivity contribution in [3.8, 4) is 0 Å². The maximum atomic E-state index is 11.4. The molecule has 1 N–H and O–H groups in total. The van der Waals surface area contributed by atoms with Gasteiger partial charge in [-0.1, -0.05) is 13.8 Å². The summed E-state index contributed by atoms with van der Waals surface area (Å²) in [6, 6.07) is 0.409. The molecule has 0 aromatic rings. The second-order valence-electron chi connectivity index (χ2n) is 5.68. The SMILES string of the molecule is CCCN1CCCC(C(C)NCCS(=O)(=O)CC)C1. The van der Waals surface area contributed by atoms with Gasteiger partial charge in [0.15, 0.2) is 9.84 Å². The smallest absolute Gasteiger partial charge is 0.151 e. The van der Waals surface area contributed by atoms with Crippen LogP contribution in [0.2, 0.25) is 0 Å². The topological polar surface area (TPSA) is 49.4 Å². The second-order valence-corrected chi connectivity index (χ2v) is 8.15. The molecule has 2 unspecified atom stereocenters. The van der Waals surface area contributed by atoms with Crippen LogP contribution in [0.1, 0.15) is 40.0 Å². The van der Waals surface area contributed by atoms with Crippen LogP contribution in [0, 0.1) is 5.92 Å². The highest BCUT2D eigenvalue weighted by Crippen LogP contribution is 2.19. The van der Waals surface area contributed by atoms with Crippen molar-refractivity contribution in [2.45, 2.75) is 46.1 Å². The van der Waals surface area contributed by atoms with Crippen molar-refractivity contribution in [3.63, 3.8) is 0 Å². The molecule has 1 heterocycles. The molecule has 2 atom stereocenters. The molecule has 5 heteroatoms. The molecule has 1 saturated heterocycles. The molecule has 1 rings (SSSR count). The predicted octanol–water partition coefficient (Wildman–Crippen LogP) is 1.52. The minimum absolute atomic E-state index is 0.247. The summed E-state index contributed by atoms with van der Waals surface area (Å²) in [6.45, 7) is 10.3. The van der Waals surface area contributed by atoms with Gasteiger partial charge in [0.25, 0.3) is 0 Å². The van der Waals surface area contributed by atoms with Gasteiger partial charge in [-0.3, -0.25) is 0 Å². The molecular formula is C14H30N2O2S. The van der Waals surface area contributed by atoms with Gasteiger partial charge in [-0.2, -0.15) is 0 Å². The van der Waals surface area contributed by atoms with Crippen LogP contribution < -0.4 is 5.32 Å².